The molecule has 0 unspecified atom stereocenters. The highest BCUT2D eigenvalue weighted by Gasteiger charge is 2.18. The molecule has 0 amide bonds. The maximum atomic E-state index is 13.4. The van der Waals surface area contributed by atoms with Crippen molar-refractivity contribution in [2.45, 2.75) is 24.8 Å². The first-order valence-corrected chi connectivity index (χ1v) is 11.2. The second kappa shape index (κ2) is 7.91. The van der Waals surface area contributed by atoms with Crippen molar-refractivity contribution >= 4 is 56.5 Å². The summed E-state index contributed by atoms with van der Waals surface area (Å²) in [5.41, 5.74) is 2.80. The number of para-hydroxylation sites is 1. The van der Waals surface area contributed by atoms with Gasteiger partial charge in [0.25, 0.3) is 5.56 Å². The molecule has 2 aromatic carbocycles. The first kappa shape index (κ1) is 19.5. The number of nitrogens with zero attached hydrogens (tertiary/aromatic N) is 2. The Kier molecular flexibility index (Phi) is 5.52. The normalized spacial score (nSPS) is 11.3. The Morgan fingerprint density at radius 1 is 1.07 bits per heavy atom. The highest BCUT2D eigenvalue weighted by atomic mass is 35.5. The van der Waals surface area contributed by atoms with Gasteiger partial charge in [0.2, 0.25) is 0 Å². The van der Waals surface area contributed by atoms with Gasteiger partial charge in [-0.1, -0.05) is 59.2 Å². The number of aromatic nitrogens is 2. The van der Waals surface area contributed by atoms with Crippen LogP contribution in [-0.2, 0) is 5.75 Å². The van der Waals surface area contributed by atoms with Crippen LogP contribution in [0, 0.1) is 13.8 Å². The Morgan fingerprint density at radius 3 is 2.54 bits per heavy atom. The van der Waals surface area contributed by atoms with Crippen molar-refractivity contribution in [3.8, 4) is 5.69 Å². The lowest BCUT2D eigenvalue weighted by Gasteiger charge is -2.12. The lowest BCUT2D eigenvalue weighted by Crippen LogP contribution is -2.21. The highest BCUT2D eigenvalue weighted by Crippen LogP contribution is 2.31. The van der Waals surface area contributed by atoms with Crippen LogP contribution in [0.4, 0.5) is 0 Å². The fraction of sp³-hybridized carbons (Fsp3) is 0.143. The predicted octanol–water partition coefficient (Wildman–Crippen LogP) is 6.66. The van der Waals surface area contributed by atoms with E-state index in [2.05, 4.69) is 0 Å². The molecular formula is C21H16Cl2N2OS2. The Bertz CT molecular complexity index is 1230. The molecule has 0 aliphatic carbocycles. The molecule has 0 spiro atoms. The molecule has 0 N–H and O–H groups in total. The predicted molar refractivity (Wildman–Crippen MR) is 121 cm³/mol. The Hall–Kier alpha value is -1.79. The van der Waals surface area contributed by atoms with E-state index in [1.54, 1.807) is 22.0 Å². The number of benzene rings is 2. The molecule has 4 rings (SSSR count). The van der Waals surface area contributed by atoms with Crippen LogP contribution in [0.5, 0.6) is 0 Å². The van der Waals surface area contributed by atoms with Crippen LogP contribution in [-0.4, -0.2) is 9.55 Å². The van der Waals surface area contributed by atoms with Gasteiger partial charge < -0.3 is 0 Å². The van der Waals surface area contributed by atoms with Crippen molar-refractivity contribution in [3.63, 3.8) is 0 Å². The molecule has 0 saturated carbocycles. The standard InChI is InChI=1S/C21H16Cl2N2OS2/c1-12-13(2)28-19-18(12)20(26)25(15-6-4-3-5-7-15)21(24-19)27-11-14-8-9-16(22)17(23)10-14/h3-10H,11H2,1-2H3. The van der Waals surface area contributed by atoms with Gasteiger partial charge in [0.15, 0.2) is 5.16 Å². The largest absolute Gasteiger partial charge is 0.268 e. The van der Waals surface area contributed by atoms with E-state index in [1.807, 2.05) is 56.3 Å². The summed E-state index contributed by atoms with van der Waals surface area (Å²) < 4.78 is 1.70. The molecule has 0 aliphatic rings. The lowest BCUT2D eigenvalue weighted by molar-refractivity contribution is 0.822. The molecule has 0 saturated heterocycles. The van der Waals surface area contributed by atoms with Crippen LogP contribution < -0.4 is 5.56 Å². The number of aryl methyl sites for hydroxylation is 2. The summed E-state index contributed by atoms with van der Waals surface area (Å²) in [7, 11) is 0. The summed E-state index contributed by atoms with van der Waals surface area (Å²) in [6.07, 6.45) is 0. The van der Waals surface area contributed by atoms with Crippen LogP contribution in [0.2, 0.25) is 10.0 Å². The van der Waals surface area contributed by atoms with Gasteiger partial charge in [0, 0.05) is 10.6 Å². The van der Waals surface area contributed by atoms with Crippen LogP contribution in [0.25, 0.3) is 15.9 Å². The average molecular weight is 447 g/mol. The van der Waals surface area contributed by atoms with Gasteiger partial charge in [0.05, 0.1) is 21.1 Å². The van der Waals surface area contributed by atoms with Crippen molar-refractivity contribution in [2.75, 3.05) is 0 Å². The minimum Gasteiger partial charge on any atom is -0.268 e. The van der Waals surface area contributed by atoms with Gasteiger partial charge in [-0.3, -0.25) is 9.36 Å². The number of rotatable bonds is 4. The molecule has 0 aliphatic heterocycles. The molecule has 7 heteroatoms. The van der Waals surface area contributed by atoms with Crippen LogP contribution >= 0.6 is 46.3 Å². The summed E-state index contributed by atoms with van der Waals surface area (Å²) in [5.74, 6) is 0.630. The van der Waals surface area contributed by atoms with E-state index in [9.17, 15) is 4.79 Å². The van der Waals surface area contributed by atoms with Crippen molar-refractivity contribution in [1.82, 2.24) is 9.55 Å². The number of hydrogen-bond donors (Lipinski definition) is 0. The third-order valence-electron chi connectivity index (χ3n) is 4.54. The zero-order chi connectivity index (χ0) is 19.8. The lowest BCUT2D eigenvalue weighted by atomic mass is 10.2. The second-order valence-corrected chi connectivity index (χ2v) is 9.33. The molecule has 28 heavy (non-hydrogen) atoms. The Morgan fingerprint density at radius 2 is 1.82 bits per heavy atom. The molecule has 2 heterocycles. The van der Waals surface area contributed by atoms with E-state index >= 15 is 0 Å². The summed E-state index contributed by atoms with van der Waals surface area (Å²) >= 11 is 15.2. The molecule has 2 aromatic heterocycles. The van der Waals surface area contributed by atoms with E-state index in [0.717, 1.165) is 26.5 Å². The third kappa shape index (κ3) is 3.60. The minimum atomic E-state index is -0.0327. The quantitative estimate of drug-likeness (QED) is 0.259. The summed E-state index contributed by atoms with van der Waals surface area (Å²) in [6, 6.07) is 15.2. The van der Waals surface area contributed by atoms with E-state index in [0.29, 0.717) is 26.3 Å². The Balaban J connectivity index is 1.84. The second-order valence-electron chi connectivity index (χ2n) is 6.37. The first-order valence-electron chi connectivity index (χ1n) is 8.60. The zero-order valence-corrected chi connectivity index (χ0v) is 18.3. The monoisotopic (exact) mass is 446 g/mol. The number of thioether (sulfide) groups is 1. The molecule has 0 fully saturated rings. The van der Waals surface area contributed by atoms with E-state index < -0.39 is 0 Å². The van der Waals surface area contributed by atoms with Crippen LogP contribution in [0.3, 0.4) is 0 Å². The molecule has 0 radical (unpaired) electrons. The summed E-state index contributed by atoms with van der Waals surface area (Å²) in [4.78, 5) is 20.1. The van der Waals surface area contributed by atoms with Gasteiger partial charge in [-0.25, -0.2) is 4.98 Å². The van der Waals surface area contributed by atoms with Crippen molar-refractivity contribution in [1.29, 1.82) is 0 Å². The van der Waals surface area contributed by atoms with Crippen molar-refractivity contribution in [3.05, 3.63) is 84.9 Å². The third-order valence-corrected chi connectivity index (χ3v) is 7.39. The van der Waals surface area contributed by atoms with Crippen molar-refractivity contribution < 1.29 is 0 Å². The highest BCUT2D eigenvalue weighted by molar-refractivity contribution is 7.98. The number of halogens is 2. The van der Waals surface area contributed by atoms with E-state index in [1.165, 1.54) is 11.8 Å². The Labute approximate surface area is 181 Å². The van der Waals surface area contributed by atoms with Gasteiger partial charge in [-0.15, -0.1) is 11.3 Å². The zero-order valence-electron chi connectivity index (χ0n) is 15.2. The van der Waals surface area contributed by atoms with Crippen molar-refractivity contribution in [2.24, 2.45) is 0 Å². The smallest absolute Gasteiger partial charge is 0.267 e. The number of hydrogen-bond acceptors (Lipinski definition) is 4. The molecule has 0 bridgehead atoms. The van der Waals surface area contributed by atoms with Crippen LogP contribution in [0.1, 0.15) is 16.0 Å². The molecule has 3 nitrogen and oxygen atoms in total. The van der Waals surface area contributed by atoms with E-state index in [4.69, 9.17) is 28.2 Å². The number of thiophene rings is 1. The fourth-order valence-electron chi connectivity index (χ4n) is 2.95. The SMILES string of the molecule is Cc1sc2nc(SCc3ccc(Cl)c(Cl)c3)n(-c3ccccc3)c(=O)c2c1C. The average Bonchev–Trinajstić information content (AvgIpc) is 2.97. The maximum Gasteiger partial charge on any atom is 0.267 e. The fourth-order valence-corrected chi connectivity index (χ4v) is 5.30. The molecule has 0 atom stereocenters. The summed E-state index contributed by atoms with van der Waals surface area (Å²) in [5, 5.41) is 2.41. The van der Waals surface area contributed by atoms with Gasteiger partial charge in [0.1, 0.15) is 4.83 Å². The van der Waals surface area contributed by atoms with Gasteiger partial charge >= 0.3 is 0 Å². The van der Waals surface area contributed by atoms with Gasteiger partial charge in [-0.2, -0.15) is 0 Å². The topological polar surface area (TPSA) is 34.9 Å². The molecule has 4 aromatic rings. The number of fused-ring (bicyclic) bond motifs is 1. The first-order chi connectivity index (χ1) is 13.5. The maximum absolute atomic E-state index is 13.4. The van der Waals surface area contributed by atoms with Gasteiger partial charge in [-0.05, 0) is 49.2 Å². The molecular weight excluding hydrogens is 431 g/mol. The van der Waals surface area contributed by atoms with E-state index in [-0.39, 0.29) is 5.56 Å². The summed E-state index contributed by atoms with van der Waals surface area (Å²) in [6.45, 7) is 4.01. The van der Waals surface area contributed by atoms with Crippen LogP contribution in [0.15, 0.2) is 58.5 Å². The minimum absolute atomic E-state index is 0.0327. The molecule has 142 valence electrons.